The van der Waals surface area contributed by atoms with Crippen LogP contribution in [0.15, 0.2) is 18.2 Å². The number of hydrogen-bond acceptors (Lipinski definition) is 3. The topological polar surface area (TPSA) is 32.7 Å². The highest BCUT2D eigenvalue weighted by atomic mass is 16.5. The van der Waals surface area contributed by atoms with E-state index in [1.807, 2.05) is 0 Å². The number of nitrogens with zero attached hydrogens (tertiary/aromatic N) is 1. The van der Waals surface area contributed by atoms with Gasteiger partial charge >= 0.3 is 0 Å². The third kappa shape index (κ3) is 1.77. The summed E-state index contributed by atoms with van der Waals surface area (Å²) in [5.41, 5.74) is 2.68. The first-order chi connectivity index (χ1) is 8.85. The highest BCUT2D eigenvalue weighted by molar-refractivity contribution is 5.67. The Bertz CT molecular complexity index is 418. The summed E-state index contributed by atoms with van der Waals surface area (Å²) in [6.07, 6.45) is 5.71. The molecule has 1 fully saturated rings. The quantitative estimate of drug-likeness (QED) is 0.890. The maximum Gasteiger partial charge on any atom is 0.142 e. The Morgan fingerprint density at radius 1 is 1.33 bits per heavy atom. The molecule has 1 aromatic rings. The van der Waals surface area contributed by atoms with Gasteiger partial charge in [-0.15, -0.1) is 0 Å². The Hall–Kier alpha value is -1.22. The molecule has 0 amide bonds. The highest BCUT2D eigenvalue weighted by Crippen LogP contribution is 2.45. The largest absolute Gasteiger partial charge is 0.495 e. The molecule has 0 saturated carbocycles. The van der Waals surface area contributed by atoms with Crippen molar-refractivity contribution < 1.29 is 9.84 Å². The van der Waals surface area contributed by atoms with Crippen molar-refractivity contribution in [2.75, 3.05) is 18.6 Å². The minimum absolute atomic E-state index is 0.276. The number of aryl methyl sites for hydroxylation is 1. The zero-order valence-electron chi connectivity index (χ0n) is 10.9. The van der Waals surface area contributed by atoms with E-state index in [1.165, 1.54) is 30.5 Å². The standard InChI is InChI=1S/C15H21NO2/c1-18-14-4-2-3-11-5-6-12-7-8-13(9-10-17)16(12)15(11)14/h2-4,12-13,17H,5-10H2,1H3. The summed E-state index contributed by atoms with van der Waals surface area (Å²) in [4.78, 5) is 2.52. The van der Waals surface area contributed by atoms with Crippen molar-refractivity contribution in [2.45, 2.75) is 44.2 Å². The number of fused-ring (bicyclic) bond motifs is 3. The molecule has 0 spiro atoms. The van der Waals surface area contributed by atoms with Crippen LogP contribution in [0.4, 0.5) is 5.69 Å². The summed E-state index contributed by atoms with van der Waals surface area (Å²) in [5, 5.41) is 9.23. The lowest BCUT2D eigenvalue weighted by atomic mass is 9.95. The number of hydrogen-bond donors (Lipinski definition) is 1. The summed E-state index contributed by atoms with van der Waals surface area (Å²) >= 11 is 0. The van der Waals surface area contributed by atoms with Crippen molar-refractivity contribution in [3.8, 4) is 5.75 Å². The third-order valence-electron chi connectivity index (χ3n) is 4.39. The molecule has 2 aliphatic heterocycles. The van der Waals surface area contributed by atoms with E-state index in [0.717, 1.165) is 18.6 Å². The molecule has 98 valence electrons. The number of methoxy groups -OCH3 is 1. The molecular formula is C15H21NO2. The fraction of sp³-hybridized carbons (Fsp3) is 0.600. The predicted molar refractivity (Wildman–Crippen MR) is 72.3 cm³/mol. The molecule has 1 N–H and O–H groups in total. The van der Waals surface area contributed by atoms with Crippen molar-refractivity contribution in [1.29, 1.82) is 0 Å². The van der Waals surface area contributed by atoms with Crippen LogP contribution in [0.2, 0.25) is 0 Å². The molecule has 3 heteroatoms. The van der Waals surface area contributed by atoms with Crippen LogP contribution in [0.25, 0.3) is 0 Å². The van der Waals surface area contributed by atoms with E-state index >= 15 is 0 Å². The number of ether oxygens (including phenoxy) is 1. The third-order valence-corrected chi connectivity index (χ3v) is 4.39. The van der Waals surface area contributed by atoms with Gasteiger partial charge in [0, 0.05) is 18.7 Å². The Kier molecular flexibility index (Phi) is 3.16. The lowest BCUT2D eigenvalue weighted by Crippen LogP contribution is -2.40. The molecule has 0 radical (unpaired) electrons. The fourth-order valence-corrected chi connectivity index (χ4v) is 3.59. The number of aliphatic hydroxyl groups is 1. The van der Waals surface area contributed by atoms with Gasteiger partial charge in [-0.3, -0.25) is 0 Å². The van der Waals surface area contributed by atoms with E-state index in [2.05, 4.69) is 23.1 Å². The van der Waals surface area contributed by atoms with Crippen LogP contribution < -0.4 is 9.64 Å². The van der Waals surface area contributed by atoms with Gasteiger partial charge in [0.05, 0.1) is 12.8 Å². The number of benzene rings is 1. The van der Waals surface area contributed by atoms with Crippen molar-refractivity contribution in [1.82, 2.24) is 0 Å². The number of rotatable bonds is 3. The zero-order valence-corrected chi connectivity index (χ0v) is 10.9. The van der Waals surface area contributed by atoms with Gasteiger partial charge in [-0.05, 0) is 43.7 Å². The van der Waals surface area contributed by atoms with Gasteiger partial charge in [-0.2, -0.15) is 0 Å². The van der Waals surface area contributed by atoms with E-state index in [0.29, 0.717) is 12.1 Å². The number of para-hydroxylation sites is 1. The van der Waals surface area contributed by atoms with Crippen LogP contribution in [0.5, 0.6) is 5.75 Å². The van der Waals surface area contributed by atoms with Crippen LogP contribution in [0.1, 0.15) is 31.2 Å². The number of aliphatic hydroxyl groups excluding tert-OH is 1. The smallest absolute Gasteiger partial charge is 0.142 e. The van der Waals surface area contributed by atoms with Crippen LogP contribution in [0, 0.1) is 0 Å². The first-order valence-electron chi connectivity index (χ1n) is 6.90. The summed E-state index contributed by atoms with van der Waals surface area (Å²) < 4.78 is 5.54. The zero-order chi connectivity index (χ0) is 12.5. The van der Waals surface area contributed by atoms with Crippen molar-refractivity contribution in [3.05, 3.63) is 23.8 Å². The van der Waals surface area contributed by atoms with Gasteiger partial charge in [-0.25, -0.2) is 0 Å². The van der Waals surface area contributed by atoms with E-state index in [1.54, 1.807) is 7.11 Å². The van der Waals surface area contributed by atoms with Gasteiger partial charge in [0.25, 0.3) is 0 Å². The van der Waals surface area contributed by atoms with Gasteiger partial charge < -0.3 is 14.7 Å². The molecule has 1 saturated heterocycles. The molecule has 2 atom stereocenters. The van der Waals surface area contributed by atoms with E-state index in [-0.39, 0.29) is 6.61 Å². The van der Waals surface area contributed by atoms with Crippen molar-refractivity contribution >= 4 is 5.69 Å². The van der Waals surface area contributed by atoms with E-state index in [9.17, 15) is 5.11 Å². The molecule has 0 aromatic heterocycles. The molecule has 2 aliphatic rings. The first kappa shape index (κ1) is 11.8. The summed E-state index contributed by atoms with van der Waals surface area (Å²) in [7, 11) is 1.75. The molecular weight excluding hydrogens is 226 g/mol. The van der Waals surface area contributed by atoms with Crippen LogP contribution >= 0.6 is 0 Å². The Morgan fingerprint density at radius 2 is 2.22 bits per heavy atom. The van der Waals surface area contributed by atoms with Gasteiger partial charge in [0.2, 0.25) is 0 Å². The molecule has 2 heterocycles. The van der Waals surface area contributed by atoms with E-state index < -0.39 is 0 Å². The number of anilines is 1. The average molecular weight is 247 g/mol. The lowest BCUT2D eigenvalue weighted by molar-refractivity contribution is 0.274. The van der Waals surface area contributed by atoms with Gasteiger partial charge in [0.15, 0.2) is 0 Å². The van der Waals surface area contributed by atoms with Gasteiger partial charge in [0.1, 0.15) is 5.75 Å². The van der Waals surface area contributed by atoms with E-state index in [4.69, 9.17) is 4.74 Å². The first-order valence-corrected chi connectivity index (χ1v) is 6.90. The SMILES string of the molecule is COc1cccc2c1N1C(CCO)CCC1CC2. The normalized spacial score (nSPS) is 25.8. The summed E-state index contributed by atoms with van der Waals surface area (Å²) in [6, 6.07) is 7.47. The average Bonchev–Trinajstić information content (AvgIpc) is 2.82. The summed E-state index contributed by atoms with van der Waals surface area (Å²) in [5.74, 6) is 0.988. The van der Waals surface area contributed by atoms with Crippen molar-refractivity contribution in [3.63, 3.8) is 0 Å². The summed E-state index contributed by atoms with van der Waals surface area (Å²) in [6.45, 7) is 0.276. The van der Waals surface area contributed by atoms with Crippen molar-refractivity contribution in [2.24, 2.45) is 0 Å². The molecule has 2 unspecified atom stereocenters. The Morgan fingerprint density at radius 3 is 3.00 bits per heavy atom. The molecule has 1 aromatic carbocycles. The Labute approximate surface area is 108 Å². The molecule has 0 aliphatic carbocycles. The van der Waals surface area contributed by atoms with Crippen LogP contribution in [-0.4, -0.2) is 30.9 Å². The second-order valence-electron chi connectivity index (χ2n) is 5.31. The maximum absolute atomic E-state index is 9.23. The Balaban J connectivity index is 2.02. The fourth-order valence-electron chi connectivity index (χ4n) is 3.59. The molecule has 18 heavy (non-hydrogen) atoms. The molecule has 0 bridgehead atoms. The minimum Gasteiger partial charge on any atom is -0.495 e. The minimum atomic E-state index is 0.276. The van der Waals surface area contributed by atoms with Gasteiger partial charge in [-0.1, -0.05) is 12.1 Å². The maximum atomic E-state index is 9.23. The predicted octanol–water partition coefficient (Wildman–Crippen LogP) is 2.36. The second-order valence-corrected chi connectivity index (χ2v) is 5.31. The lowest BCUT2D eigenvalue weighted by Gasteiger charge is -2.38. The highest BCUT2D eigenvalue weighted by Gasteiger charge is 2.38. The molecule has 3 nitrogen and oxygen atoms in total. The second kappa shape index (κ2) is 4.81. The van der Waals surface area contributed by atoms with Crippen LogP contribution in [-0.2, 0) is 6.42 Å². The monoisotopic (exact) mass is 247 g/mol. The molecule has 3 rings (SSSR count). The van der Waals surface area contributed by atoms with Crippen LogP contribution in [0.3, 0.4) is 0 Å².